The third kappa shape index (κ3) is 6.04. The van der Waals surface area contributed by atoms with Gasteiger partial charge in [-0.2, -0.15) is 18.2 Å². The standard InChI is InChI=1S/C25H28F4N8O2S/c1-35(2)24-32-18(12-40-24)23(38)30-10-21-33-22(34-39-21)20-9-14-16(31-17-7-8-36(3)11-15(17)26)5-4-6-19(14)37(20)13-25(27,28)29/h4-6,9,12,15,17,31H,7-8,10-11,13H2,1-3H3,(H,30,38)/t15-,17+/m0/s1. The number of alkyl halides is 4. The van der Waals surface area contributed by atoms with Gasteiger partial charge in [0.1, 0.15) is 18.4 Å². The van der Waals surface area contributed by atoms with Gasteiger partial charge in [-0.1, -0.05) is 11.2 Å². The third-order valence-corrected chi connectivity index (χ3v) is 7.58. The molecule has 4 aromatic rings. The molecule has 0 spiro atoms. The van der Waals surface area contributed by atoms with Crippen molar-refractivity contribution in [2.45, 2.75) is 37.9 Å². The fraction of sp³-hybridized carbons (Fsp3) is 0.440. The molecule has 0 unspecified atom stereocenters. The van der Waals surface area contributed by atoms with Crippen LogP contribution in [0.3, 0.4) is 0 Å². The molecule has 214 valence electrons. The van der Waals surface area contributed by atoms with Gasteiger partial charge in [-0.05, 0) is 31.7 Å². The van der Waals surface area contributed by atoms with Crippen LogP contribution in [-0.4, -0.2) is 83.1 Å². The van der Waals surface area contributed by atoms with E-state index in [1.807, 2.05) is 26.0 Å². The summed E-state index contributed by atoms with van der Waals surface area (Å²) >= 11 is 1.31. The average molecular weight is 581 g/mol. The van der Waals surface area contributed by atoms with Gasteiger partial charge in [-0.25, -0.2) is 9.37 Å². The molecule has 1 aromatic carbocycles. The number of thiazole rings is 1. The quantitative estimate of drug-likeness (QED) is 0.300. The maximum Gasteiger partial charge on any atom is 0.406 e. The Morgan fingerprint density at radius 2 is 2.08 bits per heavy atom. The SMILES string of the molecule is CN1CC[C@@H](Nc2cccc3c2cc(-c2noc(CNC(=O)c4csc(N(C)C)n4)n2)n3CC(F)(F)F)[C@@H](F)C1. The van der Waals surface area contributed by atoms with Crippen molar-refractivity contribution in [3.05, 3.63) is 41.2 Å². The highest BCUT2D eigenvalue weighted by Gasteiger charge is 2.32. The van der Waals surface area contributed by atoms with E-state index in [-0.39, 0.29) is 36.2 Å². The van der Waals surface area contributed by atoms with Gasteiger partial charge in [-0.3, -0.25) is 4.79 Å². The van der Waals surface area contributed by atoms with E-state index in [2.05, 4.69) is 25.8 Å². The number of fused-ring (bicyclic) bond motifs is 1. The number of benzene rings is 1. The van der Waals surface area contributed by atoms with E-state index in [9.17, 15) is 22.4 Å². The first-order valence-electron chi connectivity index (χ1n) is 12.5. The van der Waals surface area contributed by atoms with Crippen LogP contribution in [0.4, 0.5) is 28.4 Å². The first kappa shape index (κ1) is 27.8. The van der Waals surface area contributed by atoms with Crippen molar-refractivity contribution < 1.29 is 26.9 Å². The van der Waals surface area contributed by atoms with Crippen LogP contribution in [0.25, 0.3) is 22.4 Å². The molecule has 40 heavy (non-hydrogen) atoms. The molecule has 1 amide bonds. The van der Waals surface area contributed by atoms with Crippen molar-refractivity contribution in [3.63, 3.8) is 0 Å². The number of hydrogen-bond donors (Lipinski definition) is 2. The van der Waals surface area contributed by atoms with Gasteiger partial charge in [0.25, 0.3) is 5.91 Å². The van der Waals surface area contributed by atoms with Gasteiger partial charge in [0.15, 0.2) is 5.13 Å². The lowest BCUT2D eigenvalue weighted by Gasteiger charge is -2.33. The van der Waals surface area contributed by atoms with Crippen LogP contribution < -0.4 is 15.5 Å². The topological polar surface area (TPSA) is 104 Å². The molecule has 2 atom stereocenters. The van der Waals surface area contributed by atoms with E-state index in [0.717, 1.165) is 4.57 Å². The molecule has 0 bridgehead atoms. The second kappa shape index (κ2) is 11.0. The number of likely N-dealkylation sites (tertiary alicyclic amines) is 1. The first-order valence-corrected chi connectivity index (χ1v) is 13.4. The van der Waals surface area contributed by atoms with Crippen LogP contribution in [-0.2, 0) is 13.1 Å². The Bertz CT molecular complexity index is 1500. The Balaban J connectivity index is 1.40. The molecule has 5 rings (SSSR count). The number of piperidine rings is 1. The minimum absolute atomic E-state index is 0.0140. The van der Waals surface area contributed by atoms with Crippen molar-refractivity contribution >= 4 is 39.0 Å². The van der Waals surface area contributed by atoms with Crippen molar-refractivity contribution in [2.75, 3.05) is 44.4 Å². The number of aromatic nitrogens is 4. The van der Waals surface area contributed by atoms with Crippen LogP contribution in [0.15, 0.2) is 34.2 Å². The highest BCUT2D eigenvalue weighted by atomic mass is 32.1. The molecule has 1 aliphatic heterocycles. The number of rotatable bonds is 8. The summed E-state index contributed by atoms with van der Waals surface area (Å²) in [5.74, 6) is -0.506. The third-order valence-electron chi connectivity index (χ3n) is 6.57. The zero-order valence-corrected chi connectivity index (χ0v) is 22.8. The minimum Gasteiger partial charge on any atom is -0.379 e. The van der Waals surface area contributed by atoms with Crippen LogP contribution in [0.5, 0.6) is 0 Å². The Kier molecular flexibility index (Phi) is 7.68. The molecular formula is C25H28F4N8O2S. The van der Waals surface area contributed by atoms with E-state index in [0.29, 0.717) is 34.7 Å². The van der Waals surface area contributed by atoms with E-state index >= 15 is 0 Å². The predicted octanol–water partition coefficient (Wildman–Crippen LogP) is 4.16. The van der Waals surface area contributed by atoms with Crippen LogP contribution in [0, 0.1) is 0 Å². The molecule has 1 saturated heterocycles. The molecule has 10 nitrogen and oxygen atoms in total. The van der Waals surface area contributed by atoms with Crippen LogP contribution in [0.2, 0.25) is 0 Å². The van der Waals surface area contributed by atoms with E-state index in [1.54, 1.807) is 28.5 Å². The lowest BCUT2D eigenvalue weighted by molar-refractivity contribution is -0.139. The Morgan fingerprint density at radius 3 is 2.77 bits per heavy atom. The monoisotopic (exact) mass is 580 g/mol. The summed E-state index contributed by atoms with van der Waals surface area (Å²) in [4.78, 5) is 24.6. The molecule has 1 aliphatic rings. The summed E-state index contributed by atoms with van der Waals surface area (Å²) in [5, 5.41) is 12.5. The van der Waals surface area contributed by atoms with Gasteiger partial charge < -0.3 is 29.5 Å². The Labute approximate surface area is 231 Å². The van der Waals surface area contributed by atoms with Crippen molar-refractivity contribution in [1.29, 1.82) is 0 Å². The molecule has 4 heterocycles. The molecule has 0 aliphatic carbocycles. The lowest BCUT2D eigenvalue weighted by atomic mass is 10.0. The summed E-state index contributed by atoms with van der Waals surface area (Å²) in [7, 11) is 5.46. The van der Waals surface area contributed by atoms with E-state index in [4.69, 9.17) is 4.52 Å². The van der Waals surface area contributed by atoms with Crippen molar-refractivity contribution in [2.24, 2.45) is 0 Å². The highest BCUT2D eigenvalue weighted by Crippen LogP contribution is 2.35. The van der Waals surface area contributed by atoms with Crippen LogP contribution in [0.1, 0.15) is 22.8 Å². The zero-order valence-electron chi connectivity index (χ0n) is 22.0. The molecule has 15 heteroatoms. The minimum atomic E-state index is -4.53. The van der Waals surface area contributed by atoms with Crippen LogP contribution >= 0.6 is 11.3 Å². The van der Waals surface area contributed by atoms with Gasteiger partial charge in [0, 0.05) is 43.6 Å². The molecule has 0 radical (unpaired) electrons. The molecule has 0 saturated carbocycles. The number of amides is 1. The number of halogens is 4. The molecule has 1 fully saturated rings. The van der Waals surface area contributed by atoms with Gasteiger partial charge >= 0.3 is 6.18 Å². The van der Waals surface area contributed by atoms with Gasteiger partial charge in [0.05, 0.1) is 23.8 Å². The normalized spacial score (nSPS) is 18.3. The van der Waals surface area contributed by atoms with E-state index < -0.39 is 30.8 Å². The second-order valence-corrected chi connectivity index (χ2v) is 10.7. The smallest absolute Gasteiger partial charge is 0.379 e. The number of nitrogens with zero attached hydrogens (tertiary/aromatic N) is 6. The Hall–Kier alpha value is -3.72. The lowest BCUT2D eigenvalue weighted by Crippen LogP contribution is -2.46. The molecular weight excluding hydrogens is 552 g/mol. The van der Waals surface area contributed by atoms with Crippen molar-refractivity contribution in [3.8, 4) is 11.5 Å². The van der Waals surface area contributed by atoms with E-state index in [1.165, 1.54) is 17.4 Å². The highest BCUT2D eigenvalue weighted by molar-refractivity contribution is 7.13. The first-order chi connectivity index (χ1) is 19.0. The zero-order chi connectivity index (χ0) is 28.6. The maximum atomic E-state index is 14.7. The van der Waals surface area contributed by atoms with Crippen molar-refractivity contribution in [1.82, 2.24) is 29.9 Å². The largest absolute Gasteiger partial charge is 0.406 e. The van der Waals surface area contributed by atoms with Gasteiger partial charge in [-0.15, -0.1) is 11.3 Å². The fourth-order valence-electron chi connectivity index (χ4n) is 4.62. The molecule has 2 N–H and O–H groups in total. The summed E-state index contributed by atoms with van der Waals surface area (Å²) < 4.78 is 61.9. The van der Waals surface area contributed by atoms with Gasteiger partial charge in [0.2, 0.25) is 11.7 Å². The average Bonchev–Trinajstić information content (AvgIpc) is 3.63. The summed E-state index contributed by atoms with van der Waals surface area (Å²) in [6.07, 6.45) is -5.09. The summed E-state index contributed by atoms with van der Waals surface area (Å²) in [6.45, 7) is -0.444. The second-order valence-electron chi connectivity index (χ2n) is 9.89. The number of nitrogens with one attached hydrogen (secondary N) is 2. The summed E-state index contributed by atoms with van der Waals surface area (Å²) in [6, 6.07) is 5.97. The predicted molar refractivity (Wildman–Crippen MR) is 143 cm³/mol. The number of hydrogen-bond acceptors (Lipinski definition) is 9. The Morgan fingerprint density at radius 1 is 1.27 bits per heavy atom. The number of carbonyl (C=O) groups is 1. The maximum absolute atomic E-state index is 14.7. The molecule has 3 aromatic heterocycles. The number of carbonyl (C=O) groups excluding carboxylic acids is 1. The fourth-order valence-corrected chi connectivity index (χ4v) is 5.35. The summed E-state index contributed by atoms with van der Waals surface area (Å²) in [5.41, 5.74) is 1.12. The number of anilines is 2.